The summed E-state index contributed by atoms with van der Waals surface area (Å²) in [5.41, 5.74) is 24.4. The van der Waals surface area contributed by atoms with E-state index in [0.717, 1.165) is 23.7 Å². The molecule has 4 aliphatic rings. The van der Waals surface area contributed by atoms with Crippen molar-refractivity contribution in [1.82, 2.24) is 0 Å². The van der Waals surface area contributed by atoms with Gasteiger partial charge in [-0.2, -0.15) is 0 Å². The van der Waals surface area contributed by atoms with E-state index in [-0.39, 0.29) is 0 Å². The van der Waals surface area contributed by atoms with Crippen LogP contribution in [0.1, 0.15) is 123 Å². The summed E-state index contributed by atoms with van der Waals surface area (Å²) in [4.78, 5) is 0. The van der Waals surface area contributed by atoms with Crippen LogP contribution < -0.4 is 22.9 Å². The molecule has 0 saturated heterocycles. The van der Waals surface area contributed by atoms with Crippen LogP contribution in [0, 0.1) is 29.1 Å². The zero-order valence-electron chi connectivity index (χ0n) is 21.4. The molecule has 0 bridgehead atoms. The first-order valence-corrected chi connectivity index (χ1v) is 14.2. The molecule has 4 saturated carbocycles. The lowest BCUT2D eigenvalue weighted by atomic mass is 9.66. The second-order valence-corrected chi connectivity index (χ2v) is 13.1. The fourth-order valence-corrected chi connectivity index (χ4v) is 7.22. The molecule has 4 nitrogen and oxygen atoms in total. The molecule has 0 aliphatic heterocycles. The summed E-state index contributed by atoms with van der Waals surface area (Å²) in [6.45, 7) is 4.70. The fraction of sp³-hybridized carbons (Fsp3) is 1.00. The normalized spacial score (nSPS) is 42.6. The van der Waals surface area contributed by atoms with Gasteiger partial charge in [0.05, 0.1) is 0 Å². The Bertz CT molecular complexity index is 492. The largest absolute Gasteiger partial charge is 0.328 e. The molecule has 0 radical (unpaired) electrons. The lowest BCUT2D eigenvalue weighted by Crippen LogP contribution is -2.43. The highest BCUT2D eigenvalue weighted by molar-refractivity contribution is 4.90. The van der Waals surface area contributed by atoms with Crippen LogP contribution in [0.3, 0.4) is 0 Å². The topological polar surface area (TPSA) is 104 Å². The highest BCUT2D eigenvalue weighted by Crippen LogP contribution is 2.42. The highest BCUT2D eigenvalue weighted by Gasteiger charge is 2.35. The average Bonchev–Trinajstić information content (AvgIpc) is 2.76. The minimum atomic E-state index is 0.355. The number of rotatable bonds is 4. The SMILES string of the molecule is CC1(C)CC(CC2CCC(N)CC2)CCC1N.NC1CCC(CC2CCC(N)CC2)CC1. The lowest BCUT2D eigenvalue weighted by molar-refractivity contribution is 0.122. The first-order chi connectivity index (χ1) is 15.2. The van der Waals surface area contributed by atoms with Gasteiger partial charge in [-0.15, -0.1) is 0 Å². The number of hydrogen-bond donors (Lipinski definition) is 4. The van der Waals surface area contributed by atoms with Crippen molar-refractivity contribution in [2.75, 3.05) is 0 Å². The van der Waals surface area contributed by atoms with Gasteiger partial charge in [0.2, 0.25) is 0 Å². The molecule has 0 aromatic heterocycles. The van der Waals surface area contributed by atoms with Crippen LogP contribution in [0.5, 0.6) is 0 Å². The third kappa shape index (κ3) is 8.56. The van der Waals surface area contributed by atoms with E-state index in [0.29, 0.717) is 29.6 Å². The Kier molecular flexibility index (Phi) is 10.3. The maximum absolute atomic E-state index is 6.21. The molecule has 4 aliphatic carbocycles. The summed E-state index contributed by atoms with van der Waals surface area (Å²) >= 11 is 0. The first-order valence-electron chi connectivity index (χ1n) is 14.2. The average molecular weight is 449 g/mol. The van der Waals surface area contributed by atoms with E-state index in [1.54, 1.807) is 0 Å². The maximum Gasteiger partial charge on any atom is 0.00904 e. The zero-order valence-corrected chi connectivity index (χ0v) is 21.4. The van der Waals surface area contributed by atoms with Crippen LogP contribution in [0.25, 0.3) is 0 Å². The minimum Gasteiger partial charge on any atom is -0.328 e. The molecule has 4 fully saturated rings. The van der Waals surface area contributed by atoms with Crippen molar-refractivity contribution in [1.29, 1.82) is 0 Å². The molecule has 4 rings (SSSR count). The van der Waals surface area contributed by atoms with Crippen LogP contribution in [0.4, 0.5) is 0 Å². The van der Waals surface area contributed by atoms with Crippen LogP contribution in [0.2, 0.25) is 0 Å². The van der Waals surface area contributed by atoms with E-state index in [4.69, 9.17) is 22.9 Å². The van der Waals surface area contributed by atoms with E-state index in [2.05, 4.69) is 13.8 Å². The van der Waals surface area contributed by atoms with Crippen molar-refractivity contribution >= 4 is 0 Å². The van der Waals surface area contributed by atoms with Crippen LogP contribution in [0.15, 0.2) is 0 Å². The minimum absolute atomic E-state index is 0.355. The molecule has 4 heteroatoms. The third-order valence-corrected chi connectivity index (χ3v) is 9.71. The van der Waals surface area contributed by atoms with Crippen LogP contribution in [-0.4, -0.2) is 24.2 Å². The van der Waals surface area contributed by atoms with Crippen molar-refractivity contribution < 1.29 is 0 Å². The molecule has 0 aromatic carbocycles. The molecule has 32 heavy (non-hydrogen) atoms. The molecular weight excluding hydrogens is 392 g/mol. The fourth-order valence-electron chi connectivity index (χ4n) is 7.22. The Morgan fingerprint density at radius 1 is 0.469 bits per heavy atom. The van der Waals surface area contributed by atoms with Crippen molar-refractivity contribution in [3.8, 4) is 0 Å². The summed E-state index contributed by atoms with van der Waals surface area (Å²) in [6.07, 6.45) is 22.6. The summed E-state index contributed by atoms with van der Waals surface area (Å²) in [5, 5.41) is 0. The monoisotopic (exact) mass is 448 g/mol. The number of hydrogen-bond acceptors (Lipinski definition) is 4. The Balaban J connectivity index is 0.000000182. The molecule has 2 atom stereocenters. The third-order valence-electron chi connectivity index (χ3n) is 9.71. The van der Waals surface area contributed by atoms with Gasteiger partial charge in [-0.05, 0) is 138 Å². The molecule has 8 N–H and O–H groups in total. The van der Waals surface area contributed by atoms with Gasteiger partial charge in [0.1, 0.15) is 0 Å². The van der Waals surface area contributed by atoms with E-state index in [1.807, 2.05) is 0 Å². The van der Waals surface area contributed by atoms with Crippen LogP contribution >= 0.6 is 0 Å². The molecule has 2 unspecified atom stereocenters. The maximum atomic E-state index is 6.21. The molecule has 0 heterocycles. The van der Waals surface area contributed by atoms with Crippen LogP contribution in [-0.2, 0) is 0 Å². The van der Waals surface area contributed by atoms with Crippen molar-refractivity contribution in [2.24, 2.45) is 52.0 Å². The van der Waals surface area contributed by atoms with Gasteiger partial charge < -0.3 is 22.9 Å². The summed E-state index contributed by atoms with van der Waals surface area (Å²) in [6, 6.07) is 1.91. The first kappa shape index (κ1) is 26.4. The number of nitrogens with two attached hydrogens (primary N) is 4. The Morgan fingerprint density at radius 3 is 1.12 bits per heavy atom. The predicted molar refractivity (Wildman–Crippen MR) is 138 cm³/mol. The predicted octanol–water partition coefficient (Wildman–Crippen LogP) is 5.46. The molecule has 0 aromatic rings. The van der Waals surface area contributed by atoms with Gasteiger partial charge in [0.25, 0.3) is 0 Å². The van der Waals surface area contributed by atoms with Gasteiger partial charge >= 0.3 is 0 Å². The quantitative estimate of drug-likeness (QED) is 0.458. The summed E-state index contributed by atoms with van der Waals surface area (Å²) in [5.74, 6) is 3.82. The lowest BCUT2D eigenvalue weighted by Gasteiger charge is -2.42. The van der Waals surface area contributed by atoms with Gasteiger partial charge in [-0.1, -0.05) is 13.8 Å². The van der Waals surface area contributed by atoms with Crippen molar-refractivity contribution in [3.05, 3.63) is 0 Å². The van der Waals surface area contributed by atoms with Gasteiger partial charge in [0.15, 0.2) is 0 Å². The van der Waals surface area contributed by atoms with E-state index in [1.165, 1.54) is 109 Å². The molecule has 0 amide bonds. The Labute approximate surface area is 199 Å². The second-order valence-electron chi connectivity index (χ2n) is 13.1. The van der Waals surface area contributed by atoms with Crippen molar-refractivity contribution in [2.45, 2.75) is 147 Å². The second kappa shape index (κ2) is 12.5. The van der Waals surface area contributed by atoms with Gasteiger partial charge in [0, 0.05) is 24.2 Å². The Morgan fingerprint density at radius 2 is 0.781 bits per heavy atom. The standard InChI is InChI=1S/C15H30N2.C13H26N2/c1-15(2)10-12(5-8-14(15)17)9-11-3-6-13(16)7-4-11;14-12-5-1-10(2-6-12)9-11-3-7-13(15)8-4-11/h11-14H,3-10,16-17H2,1-2H3;10-13H,1-9,14-15H2. The Hall–Kier alpha value is -0.160. The van der Waals surface area contributed by atoms with Gasteiger partial charge in [-0.3, -0.25) is 0 Å². The highest BCUT2D eigenvalue weighted by atomic mass is 14.7. The van der Waals surface area contributed by atoms with E-state index < -0.39 is 0 Å². The molecule has 188 valence electrons. The molecular formula is C28H56N4. The van der Waals surface area contributed by atoms with E-state index in [9.17, 15) is 0 Å². The zero-order chi connectivity index (χ0) is 23.1. The van der Waals surface area contributed by atoms with Crippen molar-refractivity contribution in [3.63, 3.8) is 0 Å². The molecule has 0 spiro atoms. The summed E-state index contributed by atoms with van der Waals surface area (Å²) < 4.78 is 0. The summed E-state index contributed by atoms with van der Waals surface area (Å²) in [7, 11) is 0. The smallest absolute Gasteiger partial charge is 0.00904 e. The van der Waals surface area contributed by atoms with Gasteiger partial charge in [-0.25, -0.2) is 0 Å². The van der Waals surface area contributed by atoms with E-state index >= 15 is 0 Å².